The maximum atomic E-state index is 12.6. The van der Waals surface area contributed by atoms with Gasteiger partial charge in [0, 0.05) is 13.0 Å². The highest BCUT2D eigenvalue weighted by Crippen LogP contribution is 2.38. The van der Waals surface area contributed by atoms with Gasteiger partial charge in [0.05, 0.1) is 30.3 Å². The Morgan fingerprint density at radius 2 is 2.00 bits per heavy atom. The Balaban J connectivity index is 3.02. The number of nitrogens with one attached hydrogen (secondary N) is 1. The second kappa shape index (κ2) is 16.3. The van der Waals surface area contributed by atoms with E-state index in [0.717, 1.165) is 12.4 Å². The number of alkyl carbamates (subject to hydrolysis) is 1. The number of hydrogen-bond donors (Lipinski definition) is 3. The Bertz CT molecular complexity index is 980. The molecule has 0 fully saturated rings. The number of carbonyl (C=O) groups is 3. The summed E-state index contributed by atoms with van der Waals surface area (Å²) in [7, 11) is 1.35. The number of benzene rings is 1. The van der Waals surface area contributed by atoms with E-state index < -0.39 is 29.1 Å². The Morgan fingerprint density at radius 3 is 2.59 bits per heavy atom. The minimum atomic E-state index is -1.11. The number of unbranched alkanes of at least 4 members (excludes halogenated alkanes) is 1. The van der Waals surface area contributed by atoms with Crippen molar-refractivity contribution in [2.24, 2.45) is 16.5 Å². The molecule has 0 bridgehead atoms. The molecule has 204 valence electrons. The van der Waals surface area contributed by atoms with Crippen LogP contribution in [0.5, 0.6) is 11.5 Å². The third-order valence-electron chi connectivity index (χ3n) is 4.82. The summed E-state index contributed by atoms with van der Waals surface area (Å²) in [6, 6.07) is 1.41. The lowest BCUT2D eigenvalue weighted by molar-refractivity contribution is -0.386. The Kier molecular flexibility index (Phi) is 13.5. The van der Waals surface area contributed by atoms with Gasteiger partial charge >= 0.3 is 12.1 Å². The number of methoxy groups -OCH3 is 1. The van der Waals surface area contributed by atoms with Gasteiger partial charge < -0.3 is 40.5 Å². The van der Waals surface area contributed by atoms with Crippen LogP contribution in [0.15, 0.2) is 29.8 Å². The number of nitrogens with two attached hydrogens (primary N) is 2. The van der Waals surface area contributed by atoms with Crippen LogP contribution < -0.4 is 26.3 Å². The number of hydrogen-bond acceptors (Lipinski definition) is 10. The summed E-state index contributed by atoms with van der Waals surface area (Å²) in [6.45, 7) is 5.19. The number of nitrogens with zero attached hydrogens (tertiary/aromatic N) is 2. The summed E-state index contributed by atoms with van der Waals surface area (Å²) in [5.74, 6) is -0.557. The van der Waals surface area contributed by atoms with Gasteiger partial charge in [0.15, 0.2) is 17.5 Å². The van der Waals surface area contributed by atoms with Gasteiger partial charge in [-0.05, 0) is 32.3 Å². The van der Waals surface area contributed by atoms with Crippen molar-refractivity contribution in [3.63, 3.8) is 0 Å². The number of rotatable bonds is 17. The molecule has 1 amide bonds. The van der Waals surface area contributed by atoms with E-state index in [-0.39, 0.29) is 61.3 Å². The molecule has 14 heteroatoms. The van der Waals surface area contributed by atoms with Crippen molar-refractivity contribution in [3.8, 4) is 11.5 Å². The van der Waals surface area contributed by atoms with Crippen molar-refractivity contribution >= 4 is 30.0 Å². The molecule has 0 aliphatic heterocycles. The van der Waals surface area contributed by atoms with E-state index >= 15 is 0 Å². The fraction of sp³-hybridized carbons (Fsp3) is 0.478. The lowest BCUT2D eigenvalue weighted by atomic mass is 10.1. The van der Waals surface area contributed by atoms with Crippen LogP contribution in [0.3, 0.4) is 0 Å². The first-order valence-electron chi connectivity index (χ1n) is 11.4. The van der Waals surface area contributed by atoms with Crippen molar-refractivity contribution in [1.29, 1.82) is 0 Å². The van der Waals surface area contributed by atoms with Gasteiger partial charge in [-0.15, -0.1) is 0 Å². The number of aliphatic imine (C=N–C) groups is 1. The molecule has 14 nitrogen and oxygen atoms in total. The fourth-order valence-corrected chi connectivity index (χ4v) is 3.06. The van der Waals surface area contributed by atoms with Crippen LogP contribution in [0.1, 0.15) is 44.3 Å². The molecule has 37 heavy (non-hydrogen) atoms. The number of nitro benzene ring substituents is 1. The maximum absolute atomic E-state index is 12.6. The number of guanidine groups is 1. The highest BCUT2D eigenvalue weighted by Gasteiger charge is 2.28. The van der Waals surface area contributed by atoms with E-state index in [9.17, 15) is 24.5 Å². The summed E-state index contributed by atoms with van der Waals surface area (Å²) < 4.78 is 21.1. The van der Waals surface area contributed by atoms with E-state index in [2.05, 4.69) is 16.9 Å². The molecule has 0 radical (unpaired) electrons. The van der Waals surface area contributed by atoms with E-state index in [1.54, 1.807) is 0 Å². The Labute approximate surface area is 214 Å². The second-order valence-electron chi connectivity index (χ2n) is 7.59. The van der Waals surface area contributed by atoms with Crippen LogP contribution >= 0.6 is 0 Å². The highest BCUT2D eigenvalue weighted by molar-refractivity contribution is 5.81. The predicted octanol–water partition coefficient (Wildman–Crippen LogP) is 1.90. The topological polar surface area (TPSA) is 208 Å². The molecule has 5 N–H and O–H groups in total. The molecule has 1 rings (SSSR count). The number of carbonyl (C=O) groups excluding carboxylic acids is 3. The van der Waals surface area contributed by atoms with Crippen LogP contribution in [-0.4, -0.2) is 62.1 Å². The number of ether oxygens (including phenoxy) is 4. The number of aldehydes is 1. The third kappa shape index (κ3) is 10.8. The van der Waals surface area contributed by atoms with Crippen LogP contribution in [0.2, 0.25) is 0 Å². The molecule has 0 aliphatic carbocycles. The van der Waals surface area contributed by atoms with Gasteiger partial charge in [0.25, 0.3) is 5.69 Å². The zero-order valence-corrected chi connectivity index (χ0v) is 20.8. The number of esters is 1. The van der Waals surface area contributed by atoms with Gasteiger partial charge in [0.1, 0.15) is 25.0 Å². The summed E-state index contributed by atoms with van der Waals surface area (Å²) in [6.07, 6.45) is 1.19. The minimum absolute atomic E-state index is 0.0378. The largest absolute Gasteiger partial charge is 0.493 e. The van der Waals surface area contributed by atoms with Crippen LogP contribution in [0.25, 0.3) is 0 Å². The zero-order valence-electron chi connectivity index (χ0n) is 20.8. The predicted molar refractivity (Wildman–Crippen MR) is 133 cm³/mol. The van der Waals surface area contributed by atoms with Gasteiger partial charge in [-0.1, -0.05) is 12.7 Å². The van der Waals surface area contributed by atoms with Crippen LogP contribution in [0, 0.1) is 10.1 Å². The summed E-state index contributed by atoms with van der Waals surface area (Å²) in [5, 5.41) is 14.1. The summed E-state index contributed by atoms with van der Waals surface area (Å²) in [4.78, 5) is 50.3. The fourth-order valence-electron chi connectivity index (χ4n) is 3.06. The first-order valence-corrected chi connectivity index (χ1v) is 11.4. The Morgan fingerprint density at radius 1 is 1.27 bits per heavy atom. The van der Waals surface area contributed by atoms with Crippen molar-refractivity contribution in [2.45, 2.75) is 44.8 Å². The molecule has 0 spiro atoms. The average molecular weight is 524 g/mol. The smallest absolute Gasteiger partial charge is 0.408 e. The van der Waals surface area contributed by atoms with Gasteiger partial charge in [0.2, 0.25) is 0 Å². The third-order valence-corrected chi connectivity index (χ3v) is 4.82. The van der Waals surface area contributed by atoms with Gasteiger partial charge in [-0.3, -0.25) is 15.1 Å². The van der Waals surface area contributed by atoms with E-state index in [4.69, 9.17) is 30.4 Å². The molecule has 0 aliphatic rings. The Hall–Kier alpha value is -4.36. The highest BCUT2D eigenvalue weighted by atomic mass is 16.6. The van der Waals surface area contributed by atoms with E-state index in [1.807, 2.05) is 0 Å². The number of amides is 1. The normalized spacial score (nSPS) is 11.8. The van der Waals surface area contributed by atoms with Crippen molar-refractivity contribution < 1.29 is 38.3 Å². The molecule has 0 saturated carbocycles. The lowest BCUT2D eigenvalue weighted by Gasteiger charge is -2.20. The van der Waals surface area contributed by atoms with Crippen molar-refractivity contribution in [2.75, 3.05) is 26.9 Å². The number of nitro groups is 1. The monoisotopic (exact) mass is 523 g/mol. The average Bonchev–Trinajstić information content (AvgIpc) is 2.86. The second-order valence-corrected chi connectivity index (χ2v) is 7.59. The summed E-state index contributed by atoms with van der Waals surface area (Å²) >= 11 is 0. The van der Waals surface area contributed by atoms with Crippen molar-refractivity contribution in [3.05, 3.63) is 40.5 Å². The van der Waals surface area contributed by atoms with Crippen LogP contribution in [-0.2, 0) is 19.1 Å². The molecule has 2 atom stereocenters. The maximum Gasteiger partial charge on any atom is 0.408 e. The molecule has 0 heterocycles. The zero-order chi connectivity index (χ0) is 27.8. The van der Waals surface area contributed by atoms with Crippen LogP contribution in [0.4, 0.5) is 10.5 Å². The first kappa shape index (κ1) is 30.7. The molecule has 0 saturated heterocycles. The van der Waals surface area contributed by atoms with Gasteiger partial charge in [-0.2, -0.15) is 0 Å². The molecule has 1 aromatic carbocycles. The molecular formula is C23H33N5O9. The first-order chi connectivity index (χ1) is 17.6. The molecule has 2 unspecified atom stereocenters. The molecule has 0 aromatic heterocycles. The summed E-state index contributed by atoms with van der Waals surface area (Å²) in [5.41, 5.74) is 10.2. The van der Waals surface area contributed by atoms with E-state index in [0.29, 0.717) is 12.8 Å². The molecular weight excluding hydrogens is 490 g/mol. The lowest BCUT2D eigenvalue weighted by Crippen LogP contribution is -2.42. The SMILES string of the molecule is C=CCOC(=O)C(CCCN=C(N)N)NC(=O)OC(C)c1cc(OC)c(OCCCC=O)cc1[N+](=O)[O-]. The van der Waals surface area contributed by atoms with E-state index in [1.165, 1.54) is 26.2 Å². The minimum Gasteiger partial charge on any atom is -0.493 e. The van der Waals surface area contributed by atoms with Gasteiger partial charge in [-0.25, -0.2) is 9.59 Å². The molecule has 1 aromatic rings. The van der Waals surface area contributed by atoms with Crippen molar-refractivity contribution in [1.82, 2.24) is 5.32 Å². The standard InChI is InChI=1S/C23H33N5O9/c1-4-11-36-21(30)17(8-7-9-26-22(24)25)27-23(31)37-15(2)16-13-19(34-3)20(14-18(16)28(32)33)35-12-6-5-10-29/h4,10,13-15,17H,1,5-9,11-12H2,2-3H3,(H,27,31)(H4,24,25,26). The quantitative estimate of drug-likeness (QED) is 0.0392.